The van der Waals surface area contributed by atoms with Gasteiger partial charge < -0.3 is 0 Å². The predicted octanol–water partition coefficient (Wildman–Crippen LogP) is 3.13. The van der Waals surface area contributed by atoms with E-state index in [2.05, 4.69) is 93.6 Å². The molecule has 0 spiro atoms. The van der Waals surface area contributed by atoms with Crippen LogP contribution in [0.15, 0.2) is 72.8 Å². The molecule has 0 nitrogen and oxygen atoms in total. The maximum atomic E-state index is 2.36. The molecule has 0 unspecified atom stereocenters. The average molecular weight is 388 g/mol. The minimum atomic E-state index is -2.31. The van der Waals surface area contributed by atoms with E-state index in [-0.39, 0.29) is 0 Å². The number of benzene rings is 3. The molecule has 0 aliphatic carbocycles. The van der Waals surface area contributed by atoms with Crippen molar-refractivity contribution in [2.45, 2.75) is 20.8 Å². The summed E-state index contributed by atoms with van der Waals surface area (Å²) in [5, 5.41) is 0. The molecule has 0 amide bonds. The number of hydrogen-bond donors (Lipinski definition) is 0. The Balaban J connectivity index is 2.27. The van der Waals surface area contributed by atoms with E-state index in [0.29, 0.717) is 0 Å². The summed E-state index contributed by atoms with van der Waals surface area (Å²) < 4.78 is 4.81. The van der Waals surface area contributed by atoms with Crippen molar-refractivity contribution in [2.24, 2.45) is 0 Å². The first-order chi connectivity index (χ1) is 10.7. The Bertz CT molecular complexity index is 681. The van der Waals surface area contributed by atoms with Crippen molar-refractivity contribution in [3.63, 3.8) is 0 Å². The molecule has 3 rings (SSSR count). The van der Waals surface area contributed by atoms with Crippen LogP contribution in [0.2, 0.25) is 0 Å². The Labute approximate surface area is 141 Å². The second-order valence-electron chi connectivity index (χ2n) is 6.00. The molecular formula is C21H21In. The summed E-state index contributed by atoms with van der Waals surface area (Å²) >= 11 is -2.31. The first kappa shape index (κ1) is 15.4. The molecule has 0 aliphatic heterocycles. The van der Waals surface area contributed by atoms with Crippen molar-refractivity contribution in [3.05, 3.63) is 89.5 Å². The first-order valence-corrected chi connectivity index (χ1v) is 12.8. The fourth-order valence-electron chi connectivity index (χ4n) is 3.23. The van der Waals surface area contributed by atoms with E-state index < -0.39 is 21.4 Å². The quantitative estimate of drug-likeness (QED) is 0.647. The van der Waals surface area contributed by atoms with Gasteiger partial charge in [-0.1, -0.05) is 0 Å². The molecule has 3 aromatic rings. The predicted molar refractivity (Wildman–Crippen MR) is 98.2 cm³/mol. The molecule has 0 aliphatic rings. The van der Waals surface area contributed by atoms with Crippen molar-refractivity contribution in [2.75, 3.05) is 0 Å². The minimum absolute atomic E-state index is 1.44. The number of rotatable bonds is 3. The fourth-order valence-corrected chi connectivity index (χ4v) is 13.4. The van der Waals surface area contributed by atoms with Crippen LogP contribution >= 0.6 is 0 Å². The third kappa shape index (κ3) is 3.01. The fraction of sp³-hybridized carbons (Fsp3) is 0.143. The number of hydrogen-bond acceptors (Lipinski definition) is 0. The van der Waals surface area contributed by atoms with Gasteiger partial charge in [0.2, 0.25) is 0 Å². The van der Waals surface area contributed by atoms with Crippen LogP contribution in [0.1, 0.15) is 16.7 Å². The van der Waals surface area contributed by atoms with E-state index in [1.807, 2.05) is 0 Å². The summed E-state index contributed by atoms with van der Waals surface area (Å²) in [4.78, 5) is 0. The summed E-state index contributed by atoms with van der Waals surface area (Å²) in [6.07, 6.45) is 0. The average Bonchev–Trinajstić information content (AvgIpc) is 2.53. The van der Waals surface area contributed by atoms with Crippen molar-refractivity contribution in [1.82, 2.24) is 0 Å². The monoisotopic (exact) mass is 388 g/mol. The van der Waals surface area contributed by atoms with Crippen LogP contribution in [-0.2, 0) is 0 Å². The second-order valence-corrected chi connectivity index (χ2v) is 13.8. The summed E-state index contributed by atoms with van der Waals surface area (Å²) in [6, 6.07) is 26.9. The molecule has 108 valence electrons. The van der Waals surface area contributed by atoms with Crippen LogP contribution in [-0.4, -0.2) is 21.4 Å². The van der Waals surface area contributed by atoms with Gasteiger partial charge in [-0.05, 0) is 0 Å². The van der Waals surface area contributed by atoms with Gasteiger partial charge in [0.1, 0.15) is 0 Å². The van der Waals surface area contributed by atoms with E-state index in [9.17, 15) is 0 Å². The van der Waals surface area contributed by atoms with Gasteiger partial charge in [0.05, 0.1) is 0 Å². The van der Waals surface area contributed by atoms with Crippen LogP contribution < -0.4 is 9.96 Å². The van der Waals surface area contributed by atoms with E-state index in [1.54, 1.807) is 9.96 Å². The molecular weight excluding hydrogens is 367 g/mol. The van der Waals surface area contributed by atoms with Crippen LogP contribution in [0.4, 0.5) is 0 Å². The van der Waals surface area contributed by atoms with Gasteiger partial charge in [-0.25, -0.2) is 0 Å². The molecule has 22 heavy (non-hydrogen) atoms. The third-order valence-electron chi connectivity index (χ3n) is 4.50. The normalized spacial score (nSPS) is 10.5. The van der Waals surface area contributed by atoms with E-state index in [0.717, 1.165) is 0 Å². The van der Waals surface area contributed by atoms with Gasteiger partial charge in [-0.3, -0.25) is 0 Å². The Morgan fingerprint density at radius 3 is 1.00 bits per heavy atom. The van der Waals surface area contributed by atoms with Gasteiger partial charge in [0, 0.05) is 0 Å². The SMILES string of the molecule is Cc1cccc[c]1[In]([c]1ccccc1C)[c]1ccccc1C. The topological polar surface area (TPSA) is 0 Å². The number of aryl methyl sites for hydroxylation is 3. The Morgan fingerprint density at radius 2 is 0.727 bits per heavy atom. The van der Waals surface area contributed by atoms with Crippen molar-refractivity contribution >= 4 is 31.4 Å². The zero-order valence-electron chi connectivity index (χ0n) is 13.5. The van der Waals surface area contributed by atoms with E-state index in [1.165, 1.54) is 16.7 Å². The first-order valence-electron chi connectivity index (χ1n) is 7.85. The van der Waals surface area contributed by atoms with Crippen molar-refractivity contribution in [1.29, 1.82) is 0 Å². The Kier molecular flexibility index (Phi) is 4.73. The molecule has 0 fully saturated rings. The summed E-state index contributed by atoms with van der Waals surface area (Å²) in [5.41, 5.74) is 4.32. The van der Waals surface area contributed by atoms with Gasteiger partial charge in [0.15, 0.2) is 0 Å². The summed E-state index contributed by atoms with van der Waals surface area (Å²) in [5.74, 6) is 0. The molecule has 0 N–H and O–H groups in total. The molecule has 1 heteroatoms. The molecule has 0 atom stereocenters. The van der Waals surface area contributed by atoms with Crippen molar-refractivity contribution < 1.29 is 0 Å². The molecule has 3 aromatic carbocycles. The maximum absolute atomic E-state index is 2.36. The zero-order chi connectivity index (χ0) is 15.5. The molecule has 0 aromatic heterocycles. The van der Waals surface area contributed by atoms with Crippen LogP contribution in [0.3, 0.4) is 0 Å². The van der Waals surface area contributed by atoms with E-state index >= 15 is 0 Å². The molecule has 0 saturated carbocycles. The molecule has 0 radical (unpaired) electrons. The third-order valence-corrected chi connectivity index (χ3v) is 15.4. The van der Waals surface area contributed by atoms with Crippen LogP contribution in [0.25, 0.3) is 0 Å². The Morgan fingerprint density at radius 1 is 0.455 bits per heavy atom. The van der Waals surface area contributed by atoms with Gasteiger partial charge in [-0.15, -0.1) is 0 Å². The summed E-state index contributed by atoms with van der Waals surface area (Å²) in [6.45, 7) is 6.78. The van der Waals surface area contributed by atoms with Gasteiger partial charge in [0.25, 0.3) is 0 Å². The van der Waals surface area contributed by atoms with Crippen LogP contribution in [0.5, 0.6) is 0 Å². The Hall–Kier alpha value is -1.47. The van der Waals surface area contributed by atoms with Crippen LogP contribution in [0, 0.1) is 20.8 Å². The molecule has 0 bridgehead atoms. The second kappa shape index (κ2) is 6.75. The van der Waals surface area contributed by atoms with Gasteiger partial charge in [-0.2, -0.15) is 0 Å². The standard InChI is InChI=1S/3C7H7.In/c3*1-7-5-3-2-4-6-7;/h3*2-5H,1H3;. The molecule has 0 saturated heterocycles. The van der Waals surface area contributed by atoms with E-state index in [4.69, 9.17) is 0 Å². The summed E-state index contributed by atoms with van der Waals surface area (Å²) in [7, 11) is 0. The molecule has 0 heterocycles. The van der Waals surface area contributed by atoms with Gasteiger partial charge >= 0.3 is 142 Å². The van der Waals surface area contributed by atoms with Crippen molar-refractivity contribution in [3.8, 4) is 0 Å². The zero-order valence-corrected chi connectivity index (χ0v) is 16.8.